The lowest BCUT2D eigenvalue weighted by Gasteiger charge is -2.15. The topological polar surface area (TPSA) is 128 Å². The highest BCUT2D eigenvalue weighted by molar-refractivity contribution is 6.62. The fraction of sp³-hybridized carbons (Fsp3) is 0.355. The van der Waals surface area contributed by atoms with Gasteiger partial charge < -0.3 is 30.3 Å². The number of alkyl halides is 1. The van der Waals surface area contributed by atoms with Gasteiger partial charge in [-0.25, -0.2) is 4.79 Å². The van der Waals surface area contributed by atoms with E-state index >= 15 is 0 Å². The Morgan fingerprint density at radius 1 is 0.723 bits per heavy atom. The third-order valence-electron chi connectivity index (χ3n) is 6.24. The fourth-order valence-electron chi connectivity index (χ4n) is 4.01. The van der Waals surface area contributed by atoms with Crippen LogP contribution in [-0.4, -0.2) is 84.8 Å². The predicted octanol–water partition coefficient (Wildman–Crippen LogP) is 8.08. The minimum absolute atomic E-state index is 0.0253. The number of hydrogen-bond donors (Lipinski definition) is 3. The molecule has 2 aliphatic rings. The lowest BCUT2D eigenvalue weighted by Crippen LogP contribution is -2.29. The van der Waals surface area contributed by atoms with Gasteiger partial charge in [0.2, 0.25) is 0 Å². The number of aliphatic hydroxyl groups is 1. The molecule has 47 heavy (non-hydrogen) atoms. The molecule has 10 nitrogen and oxygen atoms in total. The summed E-state index contributed by atoms with van der Waals surface area (Å²) in [7, 11) is 6.30. The molecule has 4 amide bonds. The van der Waals surface area contributed by atoms with Gasteiger partial charge >= 0.3 is 11.5 Å². The number of carbonyl (C=O) groups is 4. The molecular weight excluding hydrogens is 737 g/mol. The van der Waals surface area contributed by atoms with Crippen LogP contribution in [0, 0.1) is 13.8 Å². The quantitative estimate of drug-likeness (QED) is 0.165. The summed E-state index contributed by atoms with van der Waals surface area (Å²) < 4.78 is 5.33. The Morgan fingerprint density at radius 3 is 1.38 bits per heavy atom. The third kappa shape index (κ3) is 11.1. The van der Waals surface area contributed by atoms with E-state index in [4.69, 9.17) is 62.7 Å². The second-order valence-electron chi connectivity index (χ2n) is 10.5. The summed E-state index contributed by atoms with van der Waals surface area (Å²) in [4.78, 5) is 48.2. The van der Waals surface area contributed by atoms with E-state index in [1.54, 1.807) is 66.3 Å². The summed E-state index contributed by atoms with van der Waals surface area (Å²) >= 11 is 34.2. The number of aryl methyl sites for hydroxylation is 2. The Morgan fingerprint density at radius 2 is 1.06 bits per heavy atom. The molecule has 0 saturated carbocycles. The zero-order valence-electron chi connectivity index (χ0n) is 27.1. The molecule has 2 unspecified atom stereocenters. The van der Waals surface area contributed by atoms with Gasteiger partial charge in [-0.3, -0.25) is 14.4 Å². The van der Waals surface area contributed by atoms with E-state index in [9.17, 15) is 24.3 Å². The number of nitrogens with zero attached hydrogens (tertiary/aromatic N) is 2. The van der Waals surface area contributed by atoms with Gasteiger partial charge in [-0.2, -0.15) is 0 Å². The van der Waals surface area contributed by atoms with Crippen molar-refractivity contribution in [1.29, 1.82) is 0 Å². The van der Waals surface area contributed by atoms with Crippen molar-refractivity contribution in [2.24, 2.45) is 0 Å². The SMILES string of the molecule is CCl.CN(C)C(=O)Cl.Cc1cc(Cl)c(C2=C(O)C(C)NC2=O)c(Cl)c1.Cc1cc(Cl)c(C2=C(OC(=O)N(C)C)C(C)NC2=O)c(Cl)c1. The number of aliphatic hydroxyl groups excluding tert-OH is 1. The molecule has 0 saturated heterocycles. The molecule has 0 radical (unpaired) electrons. The van der Waals surface area contributed by atoms with E-state index in [-0.39, 0.29) is 34.5 Å². The normalized spacial score (nSPS) is 16.5. The van der Waals surface area contributed by atoms with Crippen LogP contribution >= 0.6 is 69.6 Å². The number of halogens is 6. The number of benzene rings is 2. The van der Waals surface area contributed by atoms with Crippen LogP contribution in [0.3, 0.4) is 0 Å². The maximum atomic E-state index is 12.2. The Labute approximate surface area is 304 Å². The number of ether oxygens (including phenoxy) is 1. The van der Waals surface area contributed by atoms with E-state index < -0.39 is 23.5 Å². The van der Waals surface area contributed by atoms with Crippen molar-refractivity contribution >= 4 is 104 Å². The summed E-state index contributed by atoms with van der Waals surface area (Å²) in [6.45, 7) is 7.11. The number of nitrogens with one attached hydrogen (secondary N) is 2. The molecule has 2 aromatic rings. The summed E-state index contributed by atoms with van der Waals surface area (Å²) in [5.41, 5.74) is 2.88. The maximum Gasteiger partial charge on any atom is 0.414 e. The second kappa shape index (κ2) is 18.6. The van der Waals surface area contributed by atoms with Gasteiger partial charge in [0.15, 0.2) is 0 Å². The van der Waals surface area contributed by atoms with Crippen molar-refractivity contribution in [3.8, 4) is 0 Å². The highest BCUT2D eigenvalue weighted by Crippen LogP contribution is 2.38. The van der Waals surface area contributed by atoms with Crippen molar-refractivity contribution in [3.05, 3.63) is 78.1 Å². The molecule has 2 aromatic carbocycles. The van der Waals surface area contributed by atoms with E-state index in [1.807, 2.05) is 13.8 Å². The minimum atomic E-state index is -0.574. The van der Waals surface area contributed by atoms with Crippen molar-refractivity contribution in [1.82, 2.24) is 20.4 Å². The Kier molecular flexibility index (Phi) is 16.7. The first kappa shape index (κ1) is 42.2. The van der Waals surface area contributed by atoms with Crippen LogP contribution in [0.2, 0.25) is 20.1 Å². The van der Waals surface area contributed by atoms with Crippen LogP contribution in [0.1, 0.15) is 36.1 Å². The monoisotopic (exact) mass is 770 g/mol. The average Bonchev–Trinajstić information content (AvgIpc) is 3.37. The lowest BCUT2D eigenvalue weighted by molar-refractivity contribution is -0.116. The molecule has 0 aromatic heterocycles. The smallest absolute Gasteiger partial charge is 0.414 e. The van der Waals surface area contributed by atoms with E-state index in [2.05, 4.69) is 22.2 Å². The molecule has 258 valence electrons. The molecule has 4 rings (SSSR count). The number of hydrogen-bond acceptors (Lipinski definition) is 6. The summed E-state index contributed by atoms with van der Waals surface area (Å²) in [6.07, 6.45) is 0.898. The Bertz CT molecular complexity index is 1550. The summed E-state index contributed by atoms with van der Waals surface area (Å²) in [6, 6.07) is 5.97. The van der Waals surface area contributed by atoms with Crippen LogP contribution in [0.15, 0.2) is 35.8 Å². The Hall–Kier alpha value is -2.86. The van der Waals surface area contributed by atoms with Gasteiger partial charge in [-0.15, -0.1) is 11.6 Å². The van der Waals surface area contributed by atoms with Crippen molar-refractivity contribution < 1.29 is 29.0 Å². The molecule has 2 atom stereocenters. The highest BCUT2D eigenvalue weighted by Gasteiger charge is 2.36. The molecular formula is C31H36Cl6N4O6. The molecule has 0 fully saturated rings. The molecule has 3 N–H and O–H groups in total. The number of rotatable bonds is 3. The van der Waals surface area contributed by atoms with Crippen LogP contribution in [0.25, 0.3) is 11.1 Å². The highest BCUT2D eigenvalue weighted by atomic mass is 35.5. The van der Waals surface area contributed by atoms with Crippen LogP contribution in [0.4, 0.5) is 9.59 Å². The van der Waals surface area contributed by atoms with Gasteiger partial charge in [-0.1, -0.05) is 46.4 Å². The van der Waals surface area contributed by atoms with Gasteiger partial charge in [-0.05, 0) is 74.7 Å². The summed E-state index contributed by atoms with van der Waals surface area (Å²) in [5, 5.41) is 16.1. The first-order valence-corrected chi connectivity index (χ1v) is 16.3. The zero-order valence-corrected chi connectivity index (χ0v) is 31.7. The molecule has 2 aliphatic heterocycles. The number of amides is 4. The minimum Gasteiger partial charge on any atom is -0.509 e. The van der Waals surface area contributed by atoms with Gasteiger partial charge in [0, 0.05) is 45.7 Å². The molecule has 0 aliphatic carbocycles. The van der Waals surface area contributed by atoms with Crippen LogP contribution < -0.4 is 10.6 Å². The van der Waals surface area contributed by atoms with Gasteiger partial charge in [0.25, 0.3) is 11.8 Å². The predicted molar refractivity (Wildman–Crippen MR) is 191 cm³/mol. The average molecular weight is 773 g/mol. The van der Waals surface area contributed by atoms with Gasteiger partial charge in [0.05, 0.1) is 43.3 Å². The van der Waals surface area contributed by atoms with Crippen molar-refractivity contribution in [2.75, 3.05) is 34.6 Å². The Balaban J connectivity index is 0.000000391. The van der Waals surface area contributed by atoms with Crippen LogP contribution in [0.5, 0.6) is 0 Å². The first-order chi connectivity index (χ1) is 21.8. The molecule has 0 spiro atoms. The maximum absolute atomic E-state index is 12.2. The first-order valence-electron chi connectivity index (χ1n) is 13.6. The van der Waals surface area contributed by atoms with E-state index in [1.165, 1.54) is 16.2 Å². The molecule has 2 heterocycles. The fourth-order valence-corrected chi connectivity index (χ4v) is 5.58. The van der Waals surface area contributed by atoms with E-state index in [0.29, 0.717) is 31.2 Å². The van der Waals surface area contributed by atoms with Gasteiger partial charge in [0.1, 0.15) is 11.5 Å². The standard InChI is InChI=1S/C15H16Cl2N2O3.C12H11Cl2NO2.C3H6ClNO.CH3Cl/c1-7-5-9(16)11(10(17)6-7)12-13(8(2)18-14(12)20)22-15(21)19(3)4;1-5-3-7(13)9(8(14)4-5)10-11(16)6(2)15-12(10)17;1-5(2)3(4)6;1-2/h5-6,8H,1-4H3,(H,18,20);3-4,6,16H,1-2H3,(H,15,17);1-2H3;1H3. The largest absolute Gasteiger partial charge is 0.509 e. The third-order valence-corrected chi connectivity index (χ3v) is 7.77. The zero-order chi connectivity index (χ0) is 36.5. The lowest BCUT2D eigenvalue weighted by atomic mass is 10.0. The molecule has 16 heteroatoms. The van der Waals surface area contributed by atoms with Crippen LogP contribution in [-0.2, 0) is 14.3 Å². The molecule has 0 bridgehead atoms. The van der Waals surface area contributed by atoms with E-state index in [0.717, 1.165) is 11.1 Å². The summed E-state index contributed by atoms with van der Waals surface area (Å²) in [5.74, 6) is -0.539. The van der Waals surface area contributed by atoms with Crippen molar-refractivity contribution in [3.63, 3.8) is 0 Å². The second-order valence-corrected chi connectivity index (χ2v) is 12.5. The number of carbonyl (C=O) groups excluding carboxylic acids is 4. The van der Waals surface area contributed by atoms with Crippen molar-refractivity contribution in [2.45, 2.75) is 39.8 Å².